The van der Waals surface area contributed by atoms with Crippen LogP contribution in [-0.2, 0) is 6.54 Å². The number of hydrogen-bond acceptors (Lipinski definition) is 8. The monoisotopic (exact) mass is 498 g/mol. The van der Waals surface area contributed by atoms with Crippen molar-refractivity contribution in [2.24, 2.45) is 0 Å². The normalized spacial score (nSPS) is 17.7. The number of carbonyl (C=O) groups is 1. The van der Waals surface area contributed by atoms with Gasteiger partial charge in [-0.25, -0.2) is 19.6 Å². The highest BCUT2D eigenvalue weighted by Gasteiger charge is 2.38. The molecule has 1 saturated carbocycles. The van der Waals surface area contributed by atoms with Gasteiger partial charge in [0.1, 0.15) is 18.6 Å². The summed E-state index contributed by atoms with van der Waals surface area (Å²) in [6, 6.07) is 7.33. The van der Waals surface area contributed by atoms with Gasteiger partial charge in [0.2, 0.25) is 0 Å². The second kappa shape index (κ2) is 8.13. The van der Waals surface area contributed by atoms with Crippen LogP contribution in [0.2, 0.25) is 0 Å². The van der Waals surface area contributed by atoms with Crippen LogP contribution in [0.1, 0.15) is 41.9 Å². The van der Waals surface area contributed by atoms with E-state index in [0.717, 1.165) is 35.5 Å². The average Bonchev–Trinajstić information content (AvgIpc) is 3.48. The van der Waals surface area contributed by atoms with Gasteiger partial charge in [-0.15, -0.1) is 0 Å². The summed E-state index contributed by atoms with van der Waals surface area (Å²) < 4.78 is 9.73. The lowest BCUT2D eigenvalue weighted by Gasteiger charge is -2.46. The first kappa shape index (κ1) is 22.0. The van der Waals surface area contributed by atoms with Gasteiger partial charge in [0.05, 0.1) is 53.0 Å². The predicted octanol–water partition coefficient (Wildman–Crippen LogP) is 2.62. The Morgan fingerprint density at radius 3 is 2.86 bits per heavy atom. The van der Waals surface area contributed by atoms with E-state index < -0.39 is 5.60 Å². The van der Waals surface area contributed by atoms with Crippen LogP contribution in [0.25, 0.3) is 17.1 Å². The summed E-state index contributed by atoms with van der Waals surface area (Å²) in [4.78, 5) is 28.9. The Morgan fingerprint density at radius 1 is 1.19 bits per heavy atom. The van der Waals surface area contributed by atoms with E-state index in [1.54, 1.807) is 29.3 Å². The van der Waals surface area contributed by atoms with Gasteiger partial charge < -0.3 is 24.6 Å². The van der Waals surface area contributed by atoms with Gasteiger partial charge in [0, 0.05) is 25.2 Å². The lowest BCUT2D eigenvalue weighted by molar-refractivity contribution is 0.0310. The Morgan fingerprint density at radius 2 is 2.05 bits per heavy atom. The summed E-state index contributed by atoms with van der Waals surface area (Å²) in [5.74, 6) is 1.42. The van der Waals surface area contributed by atoms with Crippen LogP contribution in [0, 0.1) is 0 Å². The number of nitrogens with one attached hydrogen (secondary N) is 1. The average molecular weight is 499 g/mol. The summed E-state index contributed by atoms with van der Waals surface area (Å²) in [6.45, 7) is 3.79. The molecule has 3 aromatic heterocycles. The van der Waals surface area contributed by atoms with E-state index in [1.165, 1.54) is 6.33 Å². The summed E-state index contributed by atoms with van der Waals surface area (Å²) >= 11 is 0. The fourth-order valence-electron chi connectivity index (χ4n) is 5.04. The third-order valence-electron chi connectivity index (χ3n) is 7.04. The molecule has 37 heavy (non-hydrogen) atoms. The second-order valence-corrected chi connectivity index (χ2v) is 10.2. The smallest absolute Gasteiger partial charge is 0.274 e. The van der Waals surface area contributed by atoms with Crippen molar-refractivity contribution >= 4 is 17.3 Å². The molecule has 0 radical (unpaired) electrons. The maximum Gasteiger partial charge on any atom is 0.274 e. The topological polar surface area (TPSA) is 123 Å². The highest BCUT2D eigenvalue weighted by molar-refractivity contribution is 6.05. The molecule has 0 spiro atoms. The Hall–Kier alpha value is -4.25. The lowest BCUT2D eigenvalue weighted by Crippen LogP contribution is -2.60. The number of fused-ring (bicyclic) bond motifs is 3. The van der Waals surface area contributed by atoms with Crippen LogP contribution >= 0.6 is 0 Å². The minimum Gasteiger partial charge on any atom is -0.489 e. The molecule has 1 saturated heterocycles. The second-order valence-electron chi connectivity index (χ2n) is 10.2. The molecule has 1 amide bonds. The van der Waals surface area contributed by atoms with Crippen LogP contribution in [0.5, 0.6) is 5.75 Å². The van der Waals surface area contributed by atoms with E-state index in [4.69, 9.17) is 4.74 Å². The van der Waals surface area contributed by atoms with E-state index >= 15 is 0 Å². The molecule has 188 valence electrons. The first-order valence-corrected chi connectivity index (χ1v) is 12.4. The third kappa shape index (κ3) is 3.91. The number of pyridine rings is 1. The standard InChI is InChI=1S/C26H26N8O3/c1-26(36)12-33(13-26)22-10-27-19(9-21(22)32-11-20(29-15-32)16-5-6-16)25(35)31-18-4-2-3-17-23(18)37-8-7-34-24(17)28-14-30-34/h2-4,9-11,14-16,36H,5-8,12-13H2,1H3,(H,31,35). The van der Waals surface area contributed by atoms with Crippen molar-refractivity contribution < 1.29 is 14.6 Å². The lowest BCUT2D eigenvalue weighted by atomic mass is 9.96. The third-order valence-corrected chi connectivity index (χ3v) is 7.04. The van der Waals surface area contributed by atoms with Gasteiger partial charge >= 0.3 is 0 Å². The zero-order chi connectivity index (χ0) is 25.1. The van der Waals surface area contributed by atoms with Crippen molar-refractivity contribution in [3.8, 4) is 22.8 Å². The fourth-order valence-corrected chi connectivity index (χ4v) is 5.04. The molecule has 0 atom stereocenters. The summed E-state index contributed by atoms with van der Waals surface area (Å²) in [5.41, 5.74) is 3.54. The maximum atomic E-state index is 13.4. The predicted molar refractivity (Wildman–Crippen MR) is 135 cm³/mol. The minimum atomic E-state index is -0.739. The van der Waals surface area contributed by atoms with Crippen LogP contribution < -0.4 is 15.0 Å². The van der Waals surface area contributed by atoms with E-state index in [-0.39, 0.29) is 11.6 Å². The van der Waals surface area contributed by atoms with Crippen molar-refractivity contribution in [1.82, 2.24) is 29.3 Å². The van der Waals surface area contributed by atoms with Gasteiger partial charge in [-0.2, -0.15) is 5.10 Å². The van der Waals surface area contributed by atoms with Gasteiger partial charge in [-0.1, -0.05) is 6.07 Å². The SMILES string of the molecule is CC1(O)CN(c2cnc(C(=O)Nc3cccc4c3OCCn3ncnc3-4)cc2-n2cnc(C3CC3)c2)C1. The molecule has 4 aromatic rings. The molecule has 2 aliphatic heterocycles. The zero-order valence-corrected chi connectivity index (χ0v) is 20.3. The molecule has 7 rings (SSSR count). The molecular formula is C26H26N8O3. The molecule has 2 fully saturated rings. The molecule has 2 N–H and O–H groups in total. The first-order chi connectivity index (χ1) is 17.9. The molecule has 0 bridgehead atoms. The number of amides is 1. The van der Waals surface area contributed by atoms with Crippen LogP contribution in [-0.4, -0.2) is 65.6 Å². The number of anilines is 2. The molecular weight excluding hydrogens is 472 g/mol. The van der Waals surface area contributed by atoms with Gasteiger partial charge in [-0.05, 0) is 38.0 Å². The summed E-state index contributed by atoms with van der Waals surface area (Å²) in [7, 11) is 0. The number of aromatic nitrogens is 6. The number of imidazole rings is 1. The van der Waals surface area contributed by atoms with Gasteiger partial charge in [0.25, 0.3) is 5.91 Å². The Labute approximate surface area is 212 Å². The number of ether oxygens (including phenoxy) is 1. The highest BCUT2D eigenvalue weighted by Crippen LogP contribution is 2.40. The minimum absolute atomic E-state index is 0.266. The molecule has 1 aromatic carbocycles. The van der Waals surface area contributed by atoms with E-state index in [9.17, 15) is 9.90 Å². The van der Waals surface area contributed by atoms with Gasteiger partial charge in [-0.3, -0.25) is 4.79 Å². The van der Waals surface area contributed by atoms with Crippen molar-refractivity contribution in [2.75, 3.05) is 29.9 Å². The van der Waals surface area contributed by atoms with Crippen molar-refractivity contribution in [2.45, 2.75) is 37.8 Å². The molecule has 11 nitrogen and oxygen atoms in total. The Kier molecular flexibility index (Phi) is 4.83. The van der Waals surface area contributed by atoms with E-state index in [2.05, 4.69) is 30.3 Å². The largest absolute Gasteiger partial charge is 0.489 e. The highest BCUT2D eigenvalue weighted by atomic mass is 16.5. The number of hydrogen-bond donors (Lipinski definition) is 2. The van der Waals surface area contributed by atoms with Crippen molar-refractivity contribution in [1.29, 1.82) is 0 Å². The van der Waals surface area contributed by atoms with Crippen molar-refractivity contribution in [3.63, 3.8) is 0 Å². The number of benzene rings is 1. The number of para-hydroxylation sites is 1. The molecule has 0 unspecified atom stereocenters. The number of aliphatic hydroxyl groups is 1. The Balaban J connectivity index is 1.22. The summed E-state index contributed by atoms with van der Waals surface area (Å²) in [5, 5.41) is 17.5. The first-order valence-electron chi connectivity index (χ1n) is 12.4. The maximum absolute atomic E-state index is 13.4. The molecule has 11 heteroatoms. The van der Waals surface area contributed by atoms with E-state index in [0.29, 0.717) is 49.4 Å². The quantitative estimate of drug-likeness (QED) is 0.431. The number of carbonyl (C=O) groups excluding carboxylic acids is 1. The fraction of sp³-hybridized carbons (Fsp3) is 0.346. The molecule has 5 heterocycles. The van der Waals surface area contributed by atoms with Gasteiger partial charge in [0.15, 0.2) is 11.6 Å². The number of nitrogens with zero attached hydrogens (tertiary/aromatic N) is 7. The van der Waals surface area contributed by atoms with Crippen LogP contribution in [0.4, 0.5) is 11.4 Å². The number of rotatable bonds is 5. The van der Waals surface area contributed by atoms with Crippen molar-refractivity contribution in [3.05, 3.63) is 60.7 Å². The number of β-amino-alcohol motifs (C(OH)–C–C–N with tert-alkyl or cyclic N) is 1. The Bertz CT molecular complexity index is 1510. The molecule has 3 aliphatic rings. The molecule has 1 aliphatic carbocycles. The zero-order valence-electron chi connectivity index (χ0n) is 20.3. The summed E-state index contributed by atoms with van der Waals surface area (Å²) in [6.07, 6.45) is 9.33. The van der Waals surface area contributed by atoms with E-state index in [1.807, 2.05) is 29.8 Å². The van der Waals surface area contributed by atoms with Crippen LogP contribution in [0.3, 0.4) is 0 Å². The van der Waals surface area contributed by atoms with Crippen LogP contribution in [0.15, 0.2) is 49.3 Å².